The van der Waals surface area contributed by atoms with Crippen LogP contribution in [0, 0.1) is 0 Å². The lowest BCUT2D eigenvalue weighted by atomic mass is 9.94. The van der Waals surface area contributed by atoms with E-state index in [1.54, 1.807) is 10.7 Å². The van der Waals surface area contributed by atoms with E-state index in [-0.39, 0.29) is 18.0 Å². The van der Waals surface area contributed by atoms with E-state index in [2.05, 4.69) is 21.5 Å². The van der Waals surface area contributed by atoms with E-state index in [0.29, 0.717) is 5.92 Å². The number of halogens is 1. The van der Waals surface area contributed by atoms with E-state index in [1.165, 1.54) is 0 Å². The number of aromatic amines is 1. The summed E-state index contributed by atoms with van der Waals surface area (Å²) < 4.78 is 3.71. The Labute approximate surface area is 161 Å². The van der Waals surface area contributed by atoms with Gasteiger partial charge in [0.1, 0.15) is 5.65 Å². The van der Waals surface area contributed by atoms with Crippen LogP contribution in [-0.2, 0) is 7.05 Å². The molecule has 1 fully saturated rings. The van der Waals surface area contributed by atoms with Crippen LogP contribution in [0.5, 0.6) is 0 Å². The van der Waals surface area contributed by atoms with Gasteiger partial charge in [0.05, 0.1) is 22.8 Å². The normalized spacial score (nSPS) is 15.3. The SMILES string of the molecule is Cl.Cn1cc(-c2cccc3nn4c(C5CCNCC5)cc(=O)[nH]c4c23)cn1. The molecule has 0 unspecified atom stereocenters. The van der Waals surface area contributed by atoms with Crippen molar-refractivity contribution in [2.45, 2.75) is 18.8 Å². The Morgan fingerprint density at radius 3 is 2.78 bits per heavy atom. The lowest BCUT2D eigenvalue weighted by molar-refractivity contribution is 0.446. The van der Waals surface area contributed by atoms with Crippen LogP contribution >= 0.6 is 12.4 Å². The number of aromatic nitrogens is 5. The third-order valence-electron chi connectivity index (χ3n) is 5.24. The summed E-state index contributed by atoms with van der Waals surface area (Å²) in [5.41, 5.74) is 4.61. The molecule has 3 aromatic heterocycles. The minimum atomic E-state index is -0.0752. The molecule has 0 radical (unpaired) electrons. The van der Waals surface area contributed by atoms with E-state index in [1.807, 2.05) is 36.1 Å². The lowest BCUT2D eigenvalue weighted by Gasteiger charge is -2.23. The Morgan fingerprint density at radius 1 is 1.22 bits per heavy atom. The maximum atomic E-state index is 12.4. The average Bonchev–Trinajstić information content (AvgIpc) is 3.25. The molecule has 4 heterocycles. The highest BCUT2D eigenvalue weighted by Crippen LogP contribution is 2.32. The van der Waals surface area contributed by atoms with Gasteiger partial charge < -0.3 is 10.3 Å². The van der Waals surface area contributed by atoms with E-state index in [4.69, 9.17) is 5.10 Å². The standard InChI is InChI=1S/C19H20N6O.ClH/c1-24-11-13(10-21-24)14-3-2-4-15-18(14)19-22-17(26)9-16(25(19)23-15)12-5-7-20-8-6-12;/h2-4,9-12,20H,5-8H2,1H3,(H,22,26);1H. The maximum absolute atomic E-state index is 12.4. The molecule has 0 saturated carbocycles. The van der Waals surface area contributed by atoms with Crippen molar-refractivity contribution in [1.29, 1.82) is 0 Å². The first-order valence-electron chi connectivity index (χ1n) is 8.95. The van der Waals surface area contributed by atoms with Gasteiger partial charge in [-0.1, -0.05) is 12.1 Å². The molecule has 2 N–H and O–H groups in total. The highest BCUT2D eigenvalue weighted by atomic mass is 35.5. The van der Waals surface area contributed by atoms with Crippen molar-refractivity contribution in [3.05, 3.63) is 52.7 Å². The Morgan fingerprint density at radius 2 is 2.04 bits per heavy atom. The van der Waals surface area contributed by atoms with Crippen LogP contribution in [0.3, 0.4) is 0 Å². The van der Waals surface area contributed by atoms with Crippen LogP contribution in [-0.4, -0.2) is 37.5 Å². The van der Waals surface area contributed by atoms with Crippen molar-refractivity contribution in [3.63, 3.8) is 0 Å². The second kappa shape index (κ2) is 6.83. The summed E-state index contributed by atoms with van der Waals surface area (Å²) in [4.78, 5) is 15.4. The number of fused-ring (bicyclic) bond motifs is 3. The molecule has 7 nitrogen and oxygen atoms in total. The number of nitrogens with zero attached hydrogens (tertiary/aromatic N) is 4. The summed E-state index contributed by atoms with van der Waals surface area (Å²) in [7, 11) is 1.90. The van der Waals surface area contributed by atoms with Crippen molar-refractivity contribution in [2.24, 2.45) is 7.05 Å². The van der Waals surface area contributed by atoms with E-state index in [9.17, 15) is 4.79 Å². The topological polar surface area (TPSA) is 80.0 Å². The molecule has 0 aliphatic carbocycles. The number of piperidine rings is 1. The monoisotopic (exact) mass is 384 g/mol. The van der Waals surface area contributed by atoms with Crippen LogP contribution in [0.1, 0.15) is 24.5 Å². The van der Waals surface area contributed by atoms with Crippen LogP contribution in [0.4, 0.5) is 0 Å². The van der Waals surface area contributed by atoms with Crippen LogP contribution < -0.4 is 10.9 Å². The molecule has 1 saturated heterocycles. The zero-order valence-electron chi connectivity index (χ0n) is 15.0. The molecule has 0 atom stereocenters. The molecule has 1 aliphatic rings. The summed E-state index contributed by atoms with van der Waals surface area (Å²) in [5.74, 6) is 0.345. The van der Waals surface area contributed by atoms with Crippen molar-refractivity contribution < 1.29 is 0 Å². The zero-order chi connectivity index (χ0) is 17.7. The summed E-state index contributed by atoms with van der Waals surface area (Å²) >= 11 is 0. The number of hydrogen-bond donors (Lipinski definition) is 2. The summed E-state index contributed by atoms with van der Waals surface area (Å²) in [6, 6.07) is 7.75. The molecular weight excluding hydrogens is 364 g/mol. The fourth-order valence-corrected chi connectivity index (χ4v) is 4.00. The third kappa shape index (κ3) is 2.93. The Balaban J connectivity index is 0.00000180. The molecule has 1 aromatic carbocycles. The fourth-order valence-electron chi connectivity index (χ4n) is 4.00. The quantitative estimate of drug-likeness (QED) is 0.556. The highest BCUT2D eigenvalue weighted by Gasteiger charge is 2.21. The third-order valence-corrected chi connectivity index (χ3v) is 5.24. The first kappa shape index (κ1) is 17.8. The second-order valence-corrected chi connectivity index (χ2v) is 6.95. The van der Waals surface area contributed by atoms with Crippen LogP contribution in [0.2, 0.25) is 0 Å². The molecule has 8 heteroatoms. The van der Waals surface area contributed by atoms with E-state index >= 15 is 0 Å². The van der Waals surface area contributed by atoms with Crippen molar-refractivity contribution in [3.8, 4) is 11.1 Å². The molecule has 0 bridgehead atoms. The number of nitrogens with one attached hydrogen (secondary N) is 2. The minimum Gasteiger partial charge on any atom is -0.317 e. The highest BCUT2D eigenvalue weighted by molar-refractivity contribution is 6.03. The summed E-state index contributed by atoms with van der Waals surface area (Å²) in [5, 5.41) is 13.5. The van der Waals surface area contributed by atoms with Gasteiger partial charge in [-0.25, -0.2) is 4.52 Å². The Kier molecular flexibility index (Phi) is 4.49. The molecular formula is C19H21ClN6O. The van der Waals surface area contributed by atoms with Gasteiger partial charge in [-0.2, -0.15) is 10.2 Å². The zero-order valence-corrected chi connectivity index (χ0v) is 15.8. The number of hydrogen-bond acceptors (Lipinski definition) is 4. The number of H-pyrrole nitrogens is 1. The minimum absolute atomic E-state index is 0. The van der Waals surface area contributed by atoms with E-state index in [0.717, 1.165) is 59.3 Å². The van der Waals surface area contributed by atoms with Gasteiger partial charge in [-0.15, -0.1) is 12.4 Å². The first-order valence-corrected chi connectivity index (χ1v) is 8.95. The predicted octanol–water partition coefficient (Wildman–Crippen LogP) is 2.47. The second-order valence-electron chi connectivity index (χ2n) is 6.95. The van der Waals surface area contributed by atoms with Gasteiger partial charge in [0.25, 0.3) is 5.56 Å². The Hall–Kier alpha value is -2.64. The van der Waals surface area contributed by atoms with Crippen LogP contribution in [0.15, 0.2) is 41.5 Å². The van der Waals surface area contributed by atoms with Gasteiger partial charge in [0, 0.05) is 30.8 Å². The van der Waals surface area contributed by atoms with Crippen molar-refractivity contribution in [1.82, 2.24) is 29.7 Å². The van der Waals surface area contributed by atoms with Crippen LogP contribution in [0.25, 0.3) is 27.7 Å². The molecule has 4 aromatic rings. The smallest absolute Gasteiger partial charge is 0.251 e. The van der Waals surface area contributed by atoms with Gasteiger partial charge in [0.2, 0.25) is 0 Å². The van der Waals surface area contributed by atoms with Gasteiger partial charge in [-0.05, 0) is 37.6 Å². The Bertz CT molecular complexity index is 1170. The largest absolute Gasteiger partial charge is 0.317 e. The summed E-state index contributed by atoms with van der Waals surface area (Å²) in [6.07, 6.45) is 5.86. The molecule has 140 valence electrons. The van der Waals surface area contributed by atoms with Gasteiger partial charge in [0.15, 0.2) is 0 Å². The van der Waals surface area contributed by atoms with Crippen molar-refractivity contribution in [2.75, 3.05) is 13.1 Å². The number of benzene rings is 1. The lowest BCUT2D eigenvalue weighted by Crippen LogP contribution is -2.28. The molecule has 0 amide bonds. The molecule has 1 aliphatic heterocycles. The number of aryl methyl sites for hydroxylation is 1. The van der Waals surface area contributed by atoms with Gasteiger partial charge in [-0.3, -0.25) is 9.48 Å². The number of rotatable bonds is 2. The predicted molar refractivity (Wildman–Crippen MR) is 108 cm³/mol. The first-order chi connectivity index (χ1) is 12.7. The maximum Gasteiger partial charge on any atom is 0.251 e. The molecule has 27 heavy (non-hydrogen) atoms. The van der Waals surface area contributed by atoms with E-state index < -0.39 is 0 Å². The molecule has 0 spiro atoms. The summed E-state index contributed by atoms with van der Waals surface area (Å²) in [6.45, 7) is 1.95. The molecule has 5 rings (SSSR count). The van der Waals surface area contributed by atoms with Gasteiger partial charge >= 0.3 is 0 Å². The van der Waals surface area contributed by atoms with Crippen molar-refractivity contribution >= 4 is 29.0 Å². The fraction of sp³-hybridized carbons (Fsp3) is 0.316. The average molecular weight is 385 g/mol.